The van der Waals surface area contributed by atoms with E-state index in [2.05, 4.69) is 94.3 Å². The van der Waals surface area contributed by atoms with Gasteiger partial charge in [-0.3, -0.25) is 0 Å². The van der Waals surface area contributed by atoms with Gasteiger partial charge in [0, 0.05) is 10.8 Å². The molecule has 0 spiro atoms. The second-order valence-electron chi connectivity index (χ2n) is 11.7. The zero-order valence-corrected chi connectivity index (χ0v) is 25.7. The van der Waals surface area contributed by atoms with Crippen molar-refractivity contribution in [3.63, 3.8) is 0 Å². The van der Waals surface area contributed by atoms with Gasteiger partial charge in [-0.2, -0.15) is 22.7 Å². The summed E-state index contributed by atoms with van der Waals surface area (Å²) in [4.78, 5) is 0. The van der Waals surface area contributed by atoms with Crippen LogP contribution in [0.4, 0.5) is 0 Å². The minimum Gasteiger partial charge on any atom is -0.507 e. The summed E-state index contributed by atoms with van der Waals surface area (Å²) >= 11 is 3.41. The number of phenols is 2. The molecule has 0 saturated carbocycles. The van der Waals surface area contributed by atoms with Gasteiger partial charge in [-0.25, -0.2) is 0 Å². The number of benzene rings is 6. The van der Waals surface area contributed by atoms with E-state index in [4.69, 9.17) is 0 Å². The topological polar surface area (TPSA) is 40.5 Å². The lowest BCUT2D eigenvalue weighted by atomic mass is 9.65. The Balaban J connectivity index is 1.49. The van der Waals surface area contributed by atoms with E-state index in [-0.39, 0.29) is 11.5 Å². The van der Waals surface area contributed by atoms with Crippen LogP contribution in [0.1, 0.15) is 22.3 Å². The molecule has 1 aliphatic rings. The molecule has 0 amide bonds. The first kappa shape index (κ1) is 26.3. The molecule has 0 radical (unpaired) electrons. The van der Waals surface area contributed by atoms with Crippen molar-refractivity contribution in [1.82, 2.24) is 0 Å². The number of aromatic hydroxyl groups is 2. The van der Waals surface area contributed by atoms with E-state index < -0.39 is 5.41 Å². The summed E-state index contributed by atoms with van der Waals surface area (Å²) in [5.41, 5.74) is 11.0. The van der Waals surface area contributed by atoms with Crippen LogP contribution in [0, 0.1) is 0 Å². The van der Waals surface area contributed by atoms with E-state index in [0.29, 0.717) is 0 Å². The highest BCUT2D eigenvalue weighted by Gasteiger charge is 2.48. The van der Waals surface area contributed by atoms with Gasteiger partial charge in [-0.1, -0.05) is 84.9 Å². The van der Waals surface area contributed by atoms with Gasteiger partial charge in [0.05, 0.1) is 5.41 Å². The molecule has 6 aromatic carbocycles. The first-order valence-corrected chi connectivity index (χ1v) is 16.8. The van der Waals surface area contributed by atoms with Crippen molar-refractivity contribution in [2.24, 2.45) is 0 Å². The van der Waals surface area contributed by atoms with Crippen LogP contribution in [0.25, 0.3) is 54.9 Å². The first-order chi connectivity index (χ1) is 22.1. The number of thiophene rings is 2. The van der Waals surface area contributed by atoms with Gasteiger partial charge < -0.3 is 10.2 Å². The van der Waals surface area contributed by atoms with E-state index in [1.54, 1.807) is 22.7 Å². The lowest BCUT2D eigenvalue weighted by molar-refractivity contribution is 0.481. The smallest absolute Gasteiger partial charge is 0.123 e. The third-order valence-electron chi connectivity index (χ3n) is 9.46. The van der Waals surface area contributed by atoms with E-state index in [1.165, 1.54) is 44.5 Å². The largest absolute Gasteiger partial charge is 0.507 e. The van der Waals surface area contributed by atoms with Gasteiger partial charge >= 0.3 is 0 Å². The minimum absolute atomic E-state index is 0.263. The highest BCUT2D eigenvalue weighted by molar-refractivity contribution is 7.08. The lowest BCUT2D eigenvalue weighted by Crippen LogP contribution is -2.29. The van der Waals surface area contributed by atoms with Crippen LogP contribution in [0.3, 0.4) is 0 Å². The Morgan fingerprint density at radius 2 is 0.822 bits per heavy atom. The van der Waals surface area contributed by atoms with Crippen molar-refractivity contribution < 1.29 is 10.2 Å². The zero-order valence-electron chi connectivity index (χ0n) is 24.1. The molecular weight excluding hydrogens is 589 g/mol. The minimum atomic E-state index is -0.731. The molecule has 2 nitrogen and oxygen atoms in total. The van der Waals surface area contributed by atoms with Gasteiger partial charge in [-0.05, 0) is 124 Å². The number of rotatable bonds is 4. The second-order valence-corrected chi connectivity index (χ2v) is 13.2. The summed E-state index contributed by atoms with van der Waals surface area (Å²) in [7, 11) is 0. The fraction of sp³-hybridized carbons (Fsp3) is 0.0244. The van der Waals surface area contributed by atoms with Crippen LogP contribution < -0.4 is 0 Å². The van der Waals surface area contributed by atoms with Gasteiger partial charge in [0.2, 0.25) is 0 Å². The maximum absolute atomic E-state index is 11.0. The molecule has 214 valence electrons. The maximum Gasteiger partial charge on any atom is 0.123 e. The number of hydrogen-bond donors (Lipinski definition) is 2. The molecule has 0 atom stereocenters. The van der Waals surface area contributed by atoms with Crippen molar-refractivity contribution in [1.29, 1.82) is 0 Å². The Kier molecular flexibility index (Phi) is 5.79. The van der Waals surface area contributed by atoms with Crippen LogP contribution in [0.5, 0.6) is 11.5 Å². The second kappa shape index (κ2) is 9.93. The molecule has 0 saturated heterocycles. The molecule has 0 unspecified atom stereocenters. The molecule has 1 aliphatic carbocycles. The Hall–Kier alpha value is -5.16. The molecule has 0 fully saturated rings. The molecular formula is C41H26O2S2. The Labute approximate surface area is 268 Å². The van der Waals surface area contributed by atoms with Crippen molar-refractivity contribution in [2.45, 2.75) is 5.41 Å². The van der Waals surface area contributed by atoms with Gasteiger partial charge in [-0.15, -0.1) is 0 Å². The highest BCUT2D eigenvalue weighted by atomic mass is 32.1. The van der Waals surface area contributed by atoms with Crippen molar-refractivity contribution >= 4 is 44.2 Å². The Bertz CT molecular complexity index is 2230. The normalized spacial score (nSPS) is 13.2. The Morgan fingerprint density at radius 1 is 0.400 bits per heavy atom. The highest BCUT2D eigenvalue weighted by Crippen LogP contribution is 2.60. The molecule has 9 rings (SSSR count). The standard InChI is InChI=1S/C41H26O2S2/c42-39-15-13-35(29-5-1-3-7-31(29)39)41(36-14-16-40(43)32-8-4-2-6-30(32)36)37-11-9-25(27-17-19-44-23-27)21-33(37)34-22-26(10-12-38(34)41)28-18-20-45-24-28/h1-24,42-43H. The van der Waals surface area contributed by atoms with Gasteiger partial charge in [0.1, 0.15) is 11.5 Å². The quantitative estimate of drug-likeness (QED) is 0.207. The van der Waals surface area contributed by atoms with E-state index in [9.17, 15) is 10.2 Å². The van der Waals surface area contributed by atoms with Crippen LogP contribution in [0.2, 0.25) is 0 Å². The van der Waals surface area contributed by atoms with E-state index in [0.717, 1.165) is 32.7 Å². The summed E-state index contributed by atoms with van der Waals surface area (Å²) in [6.45, 7) is 0. The monoisotopic (exact) mass is 614 g/mol. The molecule has 0 bridgehead atoms. The van der Waals surface area contributed by atoms with Crippen LogP contribution in [-0.4, -0.2) is 10.2 Å². The average Bonchev–Trinajstić information content (AvgIpc) is 3.87. The fourth-order valence-corrected chi connectivity index (χ4v) is 8.83. The molecule has 2 heterocycles. The molecule has 4 heteroatoms. The number of fused-ring (bicyclic) bond motifs is 5. The van der Waals surface area contributed by atoms with Gasteiger partial charge in [0.25, 0.3) is 0 Å². The van der Waals surface area contributed by atoms with E-state index >= 15 is 0 Å². The molecule has 0 aliphatic heterocycles. The fourth-order valence-electron chi connectivity index (χ4n) is 7.50. The number of hydrogen-bond acceptors (Lipinski definition) is 4. The summed E-state index contributed by atoms with van der Waals surface area (Å²) in [5.74, 6) is 0.526. The third kappa shape index (κ3) is 3.73. The third-order valence-corrected chi connectivity index (χ3v) is 10.8. The zero-order chi connectivity index (χ0) is 30.1. The molecule has 2 N–H and O–H groups in total. The van der Waals surface area contributed by atoms with Gasteiger partial charge in [0.15, 0.2) is 0 Å². The van der Waals surface area contributed by atoms with Crippen molar-refractivity contribution in [3.05, 3.63) is 165 Å². The molecule has 2 aromatic heterocycles. The summed E-state index contributed by atoms with van der Waals surface area (Å²) < 4.78 is 0. The molecule has 8 aromatic rings. The SMILES string of the molecule is Oc1ccc(C2(c3ccc(O)c4ccccc34)c3ccc(-c4ccsc4)cc3-c3cc(-c4ccsc4)ccc32)c2ccccc12. The lowest BCUT2D eigenvalue weighted by Gasteiger charge is -2.36. The molecule has 45 heavy (non-hydrogen) atoms. The predicted octanol–water partition coefficient (Wildman–Crippen LogP) is 11.2. The van der Waals surface area contributed by atoms with Crippen LogP contribution in [-0.2, 0) is 5.41 Å². The first-order valence-electron chi connectivity index (χ1n) is 14.9. The summed E-state index contributed by atoms with van der Waals surface area (Å²) in [5, 5.41) is 34.4. The Morgan fingerprint density at radius 3 is 1.24 bits per heavy atom. The maximum atomic E-state index is 11.0. The van der Waals surface area contributed by atoms with E-state index in [1.807, 2.05) is 48.5 Å². The van der Waals surface area contributed by atoms with Crippen molar-refractivity contribution in [3.8, 4) is 44.9 Å². The van der Waals surface area contributed by atoms with Crippen LogP contribution >= 0.6 is 22.7 Å². The predicted molar refractivity (Wildman–Crippen MR) is 189 cm³/mol. The average molecular weight is 615 g/mol. The number of phenolic OH excluding ortho intramolecular Hbond substituents is 2. The summed E-state index contributed by atoms with van der Waals surface area (Å²) in [6.07, 6.45) is 0. The van der Waals surface area contributed by atoms with Crippen molar-refractivity contribution in [2.75, 3.05) is 0 Å². The van der Waals surface area contributed by atoms with Crippen LogP contribution in [0.15, 0.2) is 143 Å². The summed E-state index contributed by atoms with van der Waals surface area (Å²) in [6, 6.07) is 42.3.